The molecule has 0 atom stereocenters. The molecule has 3 aliphatic rings. The summed E-state index contributed by atoms with van der Waals surface area (Å²) in [6.07, 6.45) is 2.12. The summed E-state index contributed by atoms with van der Waals surface area (Å²) < 4.78 is 69.8. The molecule has 0 spiro atoms. The van der Waals surface area contributed by atoms with Crippen molar-refractivity contribution >= 4 is 21.8 Å². The highest BCUT2D eigenvalue weighted by atomic mass is 32.2. The number of hydrogen-bond donors (Lipinski definition) is 1. The zero-order valence-corrected chi connectivity index (χ0v) is 26.9. The maximum Gasteiger partial charge on any atom is 0.416 e. The number of sulfonamides is 1. The predicted octanol–water partition coefficient (Wildman–Crippen LogP) is 3.78. The predicted molar refractivity (Wildman–Crippen MR) is 163 cm³/mol. The summed E-state index contributed by atoms with van der Waals surface area (Å²) in [7, 11) is -3.49. The molecule has 10 nitrogen and oxygen atoms in total. The fourth-order valence-electron chi connectivity index (χ4n) is 6.79. The van der Waals surface area contributed by atoms with Crippen LogP contribution in [0.4, 0.5) is 13.2 Å². The highest BCUT2D eigenvalue weighted by Crippen LogP contribution is 2.37. The summed E-state index contributed by atoms with van der Waals surface area (Å²) >= 11 is 0. The molecule has 2 amide bonds. The largest absolute Gasteiger partial charge is 0.416 e. The quantitative estimate of drug-likeness (QED) is 0.396. The number of halogens is 3. The summed E-state index contributed by atoms with van der Waals surface area (Å²) in [6.45, 7) is 6.09. The number of hydrogen-bond acceptors (Lipinski definition) is 6. The van der Waals surface area contributed by atoms with Crippen molar-refractivity contribution in [3.8, 4) is 11.3 Å². The first-order valence-corrected chi connectivity index (χ1v) is 17.7. The molecule has 45 heavy (non-hydrogen) atoms. The molecule has 0 radical (unpaired) electrons. The minimum atomic E-state index is -4.60. The molecule has 3 aliphatic heterocycles. The number of fused-ring (bicyclic) bond motifs is 1. The maximum absolute atomic E-state index is 13.9. The van der Waals surface area contributed by atoms with Gasteiger partial charge in [-0.2, -0.15) is 22.6 Å². The second kappa shape index (κ2) is 13.8. The second-order valence-corrected chi connectivity index (χ2v) is 14.3. The molecule has 14 heteroatoms. The fraction of sp³-hybridized carbons (Fsp3) is 0.645. The molecule has 5 rings (SSSR count). The van der Waals surface area contributed by atoms with E-state index >= 15 is 0 Å². The molecule has 1 N–H and O–H groups in total. The van der Waals surface area contributed by atoms with E-state index in [-0.39, 0.29) is 36.9 Å². The summed E-state index contributed by atoms with van der Waals surface area (Å²) in [4.78, 5) is 28.7. The smallest absolute Gasteiger partial charge is 0.352 e. The highest BCUT2D eigenvalue weighted by molar-refractivity contribution is 7.88. The van der Waals surface area contributed by atoms with Gasteiger partial charge in [0.2, 0.25) is 21.8 Å². The van der Waals surface area contributed by atoms with E-state index in [9.17, 15) is 31.2 Å². The van der Waals surface area contributed by atoms with E-state index < -0.39 is 21.8 Å². The average Bonchev–Trinajstić information content (AvgIpc) is 3.58. The molecule has 1 aromatic carbocycles. The van der Waals surface area contributed by atoms with Gasteiger partial charge in [0.25, 0.3) is 0 Å². The lowest BCUT2D eigenvalue weighted by Gasteiger charge is -2.36. The maximum atomic E-state index is 13.9. The number of likely N-dealkylation sites (tertiary alicyclic amines) is 2. The molecule has 248 valence electrons. The van der Waals surface area contributed by atoms with Crippen molar-refractivity contribution in [2.24, 2.45) is 0 Å². The zero-order valence-electron chi connectivity index (χ0n) is 26.0. The molecular formula is C31H43F3N6O4S. The number of amides is 2. The zero-order chi connectivity index (χ0) is 32.4. The lowest BCUT2D eigenvalue weighted by atomic mass is 9.97. The van der Waals surface area contributed by atoms with Crippen LogP contribution in [0.3, 0.4) is 0 Å². The summed E-state index contributed by atoms with van der Waals surface area (Å²) in [5, 5.41) is 7.44. The Hall–Kier alpha value is -2.97. The summed E-state index contributed by atoms with van der Waals surface area (Å²) in [5.74, 6) is -0.0567. The van der Waals surface area contributed by atoms with Gasteiger partial charge in [-0.1, -0.05) is 13.0 Å². The normalized spacial score (nSPS) is 18.9. The van der Waals surface area contributed by atoms with E-state index in [0.717, 1.165) is 69.9 Å². The molecular weight excluding hydrogens is 609 g/mol. The van der Waals surface area contributed by atoms with Gasteiger partial charge in [-0.25, -0.2) is 8.42 Å². The fourth-order valence-corrected chi connectivity index (χ4v) is 7.58. The Bertz CT molecular complexity index is 1500. The minimum absolute atomic E-state index is 0.0671. The number of carbonyl (C=O) groups excluding carboxylic acids is 2. The van der Waals surface area contributed by atoms with Gasteiger partial charge in [0.05, 0.1) is 17.5 Å². The lowest BCUT2D eigenvalue weighted by Crippen LogP contribution is -2.45. The number of aryl methyl sites for hydroxylation is 1. The lowest BCUT2D eigenvalue weighted by molar-refractivity contribution is -0.138. The number of aromatic nitrogens is 2. The van der Waals surface area contributed by atoms with Crippen molar-refractivity contribution in [2.75, 3.05) is 39.0 Å². The number of carbonyl (C=O) groups is 2. The molecule has 2 saturated heterocycles. The number of nitrogens with one attached hydrogen (secondary N) is 1. The molecule has 0 saturated carbocycles. The second-order valence-electron chi connectivity index (χ2n) is 12.4. The van der Waals surface area contributed by atoms with Gasteiger partial charge in [0, 0.05) is 87.9 Å². The van der Waals surface area contributed by atoms with Crippen LogP contribution in [0.2, 0.25) is 0 Å². The van der Waals surface area contributed by atoms with Gasteiger partial charge in [-0.15, -0.1) is 0 Å². The third-order valence-electron chi connectivity index (χ3n) is 9.16. The van der Waals surface area contributed by atoms with Crippen molar-refractivity contribution in [2.45, 2.75) is 90.1 Å². The number of nitrogens with zero attached hydrogens (tertiary/aromatic N) is 5. The first-order valence-electron chi connectivity index (χ1n) is 15.9. The van der Waals surface area contributed by atoms with Crippen molar-refractivity contribution in [3.63, 3.8) is 0 Å². The topological polar surface area (TPSA) is 108 Å². The third-order valence-corrected chi connectivity index (χ3v) is 10.4. The van der Waals surface area contributed by atoms with Crippen LogP contribution in [0, 0.1) is 0 Å². The molecule has 0 aliphatic carbocycles. The first-order chi connectivity index (χ1) is 21.3. The molecule has 2 aromatic rings. The summed E-state index contributed by atoms with van der Waals surface area (Å²) in [5.41, 5.74) is 1.61. The number of alkyl halides is 3. The van der Waals surface area contributed by atoms with Gasteiger partial charge >= 0.3 is 6.18 Å². The van der Waals surface area contributed by atoms with Crippen LogP contribution in [0.15, 0.2) is 18.2 Å². The average molecular weight is 653 g/mol. The number of benzene rings is 1. The van der Waals surface area contributed by atoms with Crippen molar-refractivity contribution < 1.29 is 31.2 Å². The van der Waals surface area contributed by atoms with E-state index in [1.54, 1.807) is 0 Å². The van der Waals surface area contributed by atoms with Crippen molar-refractivity contribution in [1.82, 2.24) is 29.2 Å². The van der Waals surface area contributed by atoms with E-state index in [2.05, 4.69) is 10.2 Å². The van der Waals surface area contributed by atoms with Crippen LogP contribution in [0.1, 0.15) is 74.3 Å². The Balaban J connectivity index is 1.35. The first kappa shape index (κ1) is 33.4. The Labute approximate surface area is 263 Å². The van der Waals surface area contributed by atoms with Crippen LogP contribution in [-0.4, -0.2) is 89.1 Å². The van der Waals surface area contributed by atoms with Crippen LogP contribution in [0.5, 0.6) is 0 Å². The number of piperidine rings is 1. The Morgan fingerprint density at radius 3 is 2.49 bits per heavy atom. The van der Waals surface area contributed by atoms with Gasteiger partial charge < -0.3 is 15.1 Å². The van der Waals surface area contributed by atoms with Crippen molar-refractivity contribution in [3.05, 3.63) is 40.6 Å². The van der Waals surface area contributed by atoms with Gasteiger partial charge in [0.1, 0.15) is 0 Å². The minimum Gasteiger partial charge on any atom is -0.352 e. The van der Waals surface area contributed by atoms with Crippen LogP contribution in [-0.2, 0) is 51.8 Å². The van der Waals surface area contributed by atoms with Crippen LogP contribution < -0.4 is 5.32 Å². The number of rotatable bonds is 11. The van der Waals surface area contributed by atoms with Crippen LogP contribution >= 0.6 is 0 Å². The molecule has 4 heterocycles. The van der Waals surface area contributed by atoms with Crippen molar-refractivity contribution in [1.29, 1.82) is 0 Å². The molecule has 2 fully saturated rings. The molecule has 1 aromatic heterocycles. The van der Waals surface area contributed by atoms with Gasteiger partial charge in [-0.3, -0.25) is 14.3 Å². The SMILES string of the molecule is CCCC(=O)NCc1cc(-c2nn(CCCN3CCC(N4CCCC4=O)CC3)c3c2CN(S(C)(=O)=O)CC3)ccc1C(F)(F)F. The highest BCUT2D eigenvalue weighted by Gasteiger charge is 2.35. The Morgan fingerprint density at radius 1 is 1.09 bits per heavy atom. The van der Waals surface area contributed by atoms with Gasteiger partial charge in [0.15, 0.2) is 0 Å². The van der Waals surface area contributed by atoms with E-state index in [4.69, 9.17) is 5.10 Å². The monoisotopic (exact) mass is 652 g/mol. The Kier molecular flexibility index (Phi) is 10.2. The van der Waals surface area contributed by atoms with Gasteiger partial charge in [-0.05, 0) is 56.3 Å². The van der Waals surface area contributed by atoms with E-state index in [1.165, 1.54) is 16.4 Å². The summed E-state index contributed by atoms with van der Waals surface area (Å²) in [6, 6.07) is 4.13. The third kappa shape index (κ3) is 7.89. The molecule has 0 unspecified atom stereocenters. The Morgan fingerprint density at radius 2 is 1.84 bits per heavy atom. The molecule has 0 bridgehead atoms. The standard InChI is InChI=1S/C31H43F3N6O4S/c1-3-6-28(41)35-20-23-19-22(8-9-26(23)31(32,33)34)30-25-21-38(45(2,43)44)18-12-27(25)40(36-30)15-5-13-37-16-10-24(11-17-37)39-14-4-7-29(39)42/h8-9,19,24H,3-7,10-18,20-21H2,1-2H3,(H,35,41). The van der Waals surface area contributed by atoms with E-state index in [0.29, 0.717) is 55.2 Å². The van der Waals surface area contributed by atoms with E-state index in [1.807, 2.05) is 16.5 Å². The van der Waals surface area contributed by atoms with Crippen LogP contribution in [0.25, 0.3) is 11.3 Å².